The maximum atomic E-state index is 13.1. The number of carbonyl (C=O) groups excluding carboxylic acids is 1. The van der Waals surface area contributed by atoms with Crippen LogP contribution < -0.4 is 10.7 Å². The lowest BCUT2D eigenvalue weighted by Gasteiger charge is -2.35. The molecule has 4 rings (SSSR count). The molecular weight excluding hydrogens is 424 g/mol. The molecule has 180 valence electrons. The van der Waals surface area contributed by atoms with Crippen molar-refractivity contribution in [3.05, 3.63) is 80.7 Å². The molecule has 5 heteroatoms. The molecule has 34 heavy (non-hydrogen) atoms. The van der Waals surface area contributed by atoms with Crippen molar-refractivity contribution >= 4 is 16.9 Å². The summed E-state index contributed by atoms with van der Waals surface area (Å²) in [6.45, 7) is 13.0. The zero-order valence-corrected chi connectivity index (χ0v) is 21.0. The van der Waals surface area contributed by atoms with E-state index in [1.807, 2.05) is 26.0 Å². The highest BCUT2D eigenvalue weighted by molar-refractivity contribution is 5.93. The quantitative estimate of drug-likeness (QED) is 0.533. The molecule has 1 fully saturated rings. The minimum Gasteiger partial charge on any atom is -0.450 e. The first-order chi connectivity index (χ1) is 16.1. The average molecular weight is 461 g/mol. The number of aryl methyl sites for hydroxylation is 2. The number of hydrogen-bond donors (Lipinski definition) is 1. The molecule has 1 aromatic heterocycles. The third-order valence-electron chi connectivity index (χ3n) is 6.83. The fourth-order valence-corrected chi connectivity index (χ4v) is 4.89. The van der Waals surface area contributed by atoms with E-state index < -0.39 is 0 Å². The molecule has 1 atom stereocenters. The van der Waals surface area contributed by atoms with Gasteiger partial charge in [-0.3, -0.25) is 14.5 Å². The maximum Gasteiger partial charge on any atom is 0.287 e. The Morgan fingerprint density at radius 1 is 1.03 bits per heavy atom. The van der Waals surface area contributed by atoms with Gasteiger partial charge in [0, 0.05) is 12.6 Å². The number of amides is 1. The van der Waals surface area contributed by atoms with Crippen LogP contribution in [-0.4, -0.2) is 30.4 Å². The van der Waals surface area contributed by atoms with E-state index in [1.165, 1.54) is 36.5 Å². The summed E-state index contributed by atoms with van der Waals surface area (Å²) in [5, 5.41) is 3.56. The van der Waals surface area contributed by atoms with Crippen molar-refractivity contribution in [3.63, 3.8) is 0 Å². The molecule has 1 saturated heterocycles. The summed E-state index contributed by atoms with van der Waals surface area (Å²) in [5.41, 5.74) is 4.72. The fourth-order valence-electron chi connectivity index (χ4n) is 4.89. The van der Waals surface area contributed by atoms with Crippen molar-refractivity contribution < 1.29 is 9.21 Å². The molecule has 1 unspecified atom stereocenters. The molecule has 3 aromatic rings. The molecule has 1 aliphatic heterocycles. The van der Waals surface area contributed by atoms with Crippen LogP contribution in [0, 0.1) is 13.8 Å². The van der Waals surface area contributed by atoms with E-state index >= 15 is 0 Å². The molecule has 0 radical (unpaired) electrons. The number of fused-ring (bicyclic) bond motifs is 1. The first kappa shape index (κ1) is 24.2. The zero-order chi connectivity index (χ0) is 24.5. The molecule has 0 spiro atoms. The van der Waals surface area contributed by atoms with Gasteiger partial charge >= 0.3 is 0 Å². The number of piperidine rings is 1. The first-order valence-corrected chi connectivity index (χ1v) is 12.3. The average Bonchev–Trinajstić information content (AvgIpc) is 2.80. The summed E-state index contributed by atoms with van der Waals surface area (Å²) in [6, 6.07) is 13.9. The lowest BCUT2D eigenvalue weighted by Crippen LogP contribution is -2.40. The summed E-state index contributed by atoms with van der Waals surface area (Å²) in [7, 11) is 0. The molecule has 0 saturated carbocycles. The minimum atomic E-state index is -0.354. The van der Waals surface area contributed by atoms with Crippen LogP contribution >= 0.6 is 0 Å². The lowest BCUT2D eigenvalue weighted by molar-refractivity contribution is 0.0897. The van der Waals surface area contributed by atoms with E-state index in [9.17, 15) is 9.59 Å². The van der Waals surface area contributed by atoms with Crippen LogP contribution in [0.3, 0.4) is 0 Å². The van der Waals surface area contributed by atoms with Gasteiger partial charge in [-0.15, -0.1) is 0 Å². The second-order valence-corrected chi connectivity index (χ2v) is 10.6. The predicted octanol–water partition coefficient (Wildman–Crippen LogP) is 5.66. The van der Waals surface area contributed by atoms with Gasteiger partial charge in [-0.2, -0.15) is 0 Å². The molecule has 2 heterocycles. The Balaban J connectivity index is 1.57. The van der Waals surface area contributed by atoms with E-state index in [4.69, 9.17) is 4.42 Å². The monoisotopic (exact) mass is 460 g/mol. The highest BCUT2D eigenvalue weighted by Gasteiger charge is 2.24. The molecule has 5 nitrogen and oxygen atoms in total. The van der Waals surface area contributed by atoms with Crippen LogP contribution in [0.15, 0.2) is 51.7 Å². The fraction of sp³-hybridized carbons (Fsp3) is 0.448. The van der Waals surface area contributed by atoms with Crippen LogP contribution in [0.1, 0.15) is 78.9 Å². The summed E-state index contributed by atoms with van der Waals surface area (Å²) >= 11 is 0. The van der Waals surface area contributed by atoms with Crippen molar-refractivity contribution in [2.75, 3.05) is 19.6 Å². The van der Waals surface area contributed by atoms with E-state index in [1.54, 1.807) is 0 Å². The lowest BCUT2D eigenvalue weighted by atomic mass is 9.86. The Hall–Kier alpha value is -2.92. The Labute approximate surface area is 202 Å². The maximum absolute atomic E-state index is 13.1. The van der Waals surface area contributed by atoms with Crippen LogP contribution in [0.5, 0.6) is 0 Å². The van der Waals surface area contributed by atoms with Gasteiger partial charge in [-0.05, 0) is 73.5 Å². The van der Waals surface area contributed by atoms with Gasteiger partial charge in [-0.1, -0.05) is 57.5 Å². The number of nitrogens with zero attached hydrogens (tertiary/aromatic N) is 1. The van der Waals surface area contributed by atoms with Crippen molar-refractivity contribution in [3.8, 4) is 0 Å². The first-order valence-electron chi connectivity index (χ1n) is 12.3. The Bertz CT molecular complexity index is 1230. The molecule has 1 amide bonds. The van der Waals surface area contributed by atoms with E-state index in [2.05, 4.69) is 55.3 Å². The summed E-state index contributed by atoms with van der Waals surface area (Å²) in [5.74, 6) is -0.294. The number of carbonyl (C=O) groups is 1. The Morgan fingerprint density at radius 3 is 2.35 bits per heavy atom. The molecule has 1 aliphatic rings. The van der Waals surface area contributed by atoms with Crippen LogP contribution in [0.4, 0.5) is 0 Å². The van der Waals surface area contributed by atoms with Gasteiger partial charge in [0.2, 0.25) is 0 Å². The van der Waals surface area contributed by atoms with Gasteiger partial charge in [0.15, 0.2) is 11.2 Å². The van der Waals surface area contributed by atoms with Gasteiger partial charge in [0.05, 0.1) is 11.4 Å². The third-order valence-corrected chi connectivity index (χ3v) is 6.83. The molecule has 2 aromatic carbocycles. The van der Waals surface area contributed by atoms with Gasteiger partial charge in [-0.25, -0.2) is 0 Å². The van der Waals surface area contributed by atoms with E-state index in [0.717, 1.165) is 24.2 Å². The van der Waals surface area contributed by atoms with Gasteiger partial charge in [0.25, 0.3) is 5.91 Å². The van der Waals surface area contributed by atoms with Gasteiger partial charge < -0.3 is 9.73 Å². The highest BCUT2D eigenvalue weighted by atomic mass is 16.3. The summed E-state index contributed by atoms with van der Waals surface area (Å²) < 4.78 is 5.90. The van der Waals surface area contributed by atoms with E-state index in [0.29, 0.717) is 17.5 Å². The zero-order valence-electron chi connectivity index (χ0n) is 21.0. The minimum absolute atomic E-state index is 0.0601. The Kier molecular flexibility index (Phi) is 6.94. The van der Waals surface area contributed by atoms with Crippen molar-refractivity contribution in [2.24, 2.45) is 0 Å². The van der Waals surface area contributed by atoms with Crippen molar-refractivity contribution in [1.82, 2.24) is 10.2 Å². The summed E-state index contributed by atoms with van der Waals surface area (Å²) in [6.07, 6.45) is 3.59. The SMILES string of the molecule is Cc1cc(C)c2oc(C(=O)NCC(c3ccc(C(C)(C)C)cc3)N3CCCCC3)cc(=O)c2c1. The van der Waals surface area contributed by atoms with Gasteiger partial charge in [0.1, 0.15) is 5.58 Å². The normalized spacial score (nSPS) is 15.9. The smallest absolute Gasteiger partial charge is 0.287 e. The molecule has 0 bridgehead atoms. The second kappa shape index (κ2) is 9.75. The highest BCUT2D eigenvalue weighted by Crippen LogP contribution is 2.28. The van der Waals surface area contributed by atoms with Crippen LogP contribution in [-0.2, 0) is 5.41 Å². The third kappa shape index (κ3) is 5.25. The molecule has 0 aliphatic carbocycles. The van der Waals surface area contributed by atoms with Crippen LogP contribution in [0.25, 0.3) is 11.0 Å². The van der Waals surface area contributed by atoms with E-state index in [-0.39, 0.29) is 28.6 Å². The summed E-state index contributed by atoms with van der Waals surface area (Å²) in [4.78, 5) is 28.2. The number of nitrogens with one attached hydrogen (secondary N) is 1. The second-order valence-electron chi connectivity index (χ2n) is 10.6. The molecular formula is C29H36N2O3. The van der Waals surface area contributed by atoms with Crippen molar-refractivity contribution in [1.29, 1.82) is 0 Å². The largest absolute Gasteiger partial charge is 0.450 e. The number of benzene rings is 2. The van der Waals surface area contributed by atoms with Crippen molar-refractivity contribution in [2.45, 2.75) is 65.3 Å². The molecule has 1 N–H and O–H groups in total. The standard InChI is InChI=1S/C29H36N2O3/c1-19-15-20(2)27-23(16-19)25(32)17-26(34-27)28(33)30-18-24(31-13-7-6-8-14-31)21-9-11-22(12-10-21)29(3,4)5/h9-12,15-17,24H,6-8,13-14,18H2,1-5H3,(H,30,33). The predicted molar refractivity (Wildman–Crippen MR) is 138 cm³/mol. The number of likely N-dealkylation sites (tertiary alicyclic amines) is 1. The van der Waals surface area contributed by atoms with Crippen LogP contribution in [0.2, 0.25) is 0 Å². The number of hydrogen-bond acceptors (Lipinski definition) is 4. The number of rotatable bonds is 5. The topological polar surface area (TPSA) is 62.6 Å². The Morgan fingerprint density at radius 2 is 1.71 bits per heavy atom.